The minimum absolute atomic E-state index is 0.163. The van der Waals surface area contributed by atoms with Gasteiger partial charge in [-0.3, -0.25) is 0 Å². The first-order valence-corrected chi connectivity index (χ1v) is 6.48. The summed E-state index contributed by atoms with van der Waals surface area (Å²) in [6.45, 7) is 3.66. The number of hydrogen-bond acceptors (Lipinski definition) is 2. The van der Waals surface area contributed by atoms with Crippen molar-refractivity contribution in [2.45, 2.75) is 39.1 Å². The third-order valence-corrected chi connectivity index (χ3v) is 3.67. The predicted molar refractivity (Wildman–Crippen MR) is 66.8 cm³/mol. The van der Waals surface area contributed by atoms with Crippen LogP contribution in [0.3, 0.4) is 0 Å². The molecule has 0 aromatic heterocycles. The average Bonchev–Trinajstić information content (AvgIpc) is 3.08. The highest BCUT2D eigenvalue weighted by Crippen LogP contribution is 2.47. The SMILES string of the molecule is CCC1(CNCc2cccc(OC(F)(F)F)c2)CC1. The summed E-state index contributed by atoms with van der Waals surface area (Å²) in [6.07, 6.45) is -0.995. The Balaban J connectivity index is 1.85. The second-order valence-electron chi connectivity index (χ2n) is 5.15. The van der Waals surface area contributed by atoms with Crippen LogP contribution in [0.5, 0.6) is 5.75 Å². The van der Waals surface area contributed by atoms with E-state index in [2.05, 4.69) is 17.0 Å². The number of benzene rings is 1. The third kappa shape index (κ3) is 4.42. The van der Waals surface area contributed by atoms with E-state index >= 15 is 0 Å². The van der Waals surface area contributed by atoms with E-state index in [4.69, 9.17) is 0 Å². The fourth-order valence-electron chi connectivity index (χ4n) is 2.16. The van der Waals surface area contributed by atoms with E-state index < -0.39 is 6.36 Å². The first kappa shape index (κ1) is 14.2. The van der Waals surface area contributed by atoms with Crippen LogP contribution in [0.4, 0.5) is 13.2 Å². The standard InChI is InChI=1S/C14H18F3NO/c1-2-13(6-7-13)10-18-9-11-4-3-5-12(8-11)19-14(15,16)17/h3-5,8,18H,2,6-7,9-10H2,1H3. The lowest BCUT2D eigenvalue weighted by molar-refractivity contribution is -0.274. The largest absolute Gasteiger partial charge is 0.573 e. The van der Waals surface area contributed by atoms with Gasteiger partial charge in [0.05, 0.1) is 0 Å². The molecule has 1 aliphatic rings. The number of nitrogens with one attached hydrogen (secondary N) is 1. The highest BCUT2D eigenvalue weighted by molar-refractivity contribution is 5.28. The minimum atomic E-state index is -4.63. The van der Waals surface area contributed by atoms with Crippen LogP contribution in [-0.2, 0) is 6.54 Å². The minimum Gasteiger partial charge on any atom is -0.406 e. The molecule has 1 aliphatic carbocycles. The van der Waals surface area contributed by atoms with Crippen molar-refractivity contribution in [3.8, 4) is 5.75 Å². The third-order valence-electron chi connectivity index (χ3n) is 3.67. The highest BCUT2D eigenvalue weighted by atomic mass is 19.4. The van der Waals surface area contributed by atoms with E-state index in [0.29, 0.717) is 12.0 Å². The summed E-state index contributed by atoms with van der Waals surface area (Å²) in [6, 6.07) is 6.10. The fraction of sp³-hybridized carbons (Fsp3) is 0.571. The highest BCUT2D eigenvalue weighted by Gasteiger charge is 2.39. The molecule has 0 heterocycles. The molecule has 0 atom stereocenters. The molecule has 0 radical (unpaired) electrons. The predicted octanol–water partition coefficient (Wildman–Crippen LogP) is 3.87. The molecule has 1 fully saturated rings. The van der Waals surface area contributed by atoms with Crippen molar-refractivity contribution in [1.82, 2.24) is 5.32 Å². The molecule has 0 unspecified atom stereocenters. The molecule has 2 nitrogen and oxygen atoms in total. The molecule has 0 spiro atoms. The number of halogens is 3. The van der Waals surface area contributed by atoms with Crippen LogP contribution < -0.4 is 10.1 Å². The van der Waals surface area contributed by atoms with Gasteiger partial charge in [0.1, 0.15) is 5.75 Å². The summed E-state index contributed by atoms with van der Waals surface area (Å²) in [4.78, 5) is 0. The Labute approximate surface area is 111 Å². The van der Waals surface area contributed by atoms with E-state index in [0.717, 1.165) is 18.5 Å². The quantitative estimate of drug-likeness (QED) is 0.849. The van der Waals surface area contributed by atoms with Crippen LogP contribution in [-0.4, -0.2) is 12.9 Å². The van der Waals surface area contributed by atoms with Gasteiger partial charge >= 0.3 is 6.36 Å². The van der Waals surface area contributed by atoms with Gasteiger partial charge in [0, 0.05) is 13.1 Å². The second kappa shape index (κ2) is 5.41. The van der Waals surface area contributed by atoms with Gasteiger partial charge in [0.2, 0.25) is 0 Å². The smallest absolute Gasteiger partial charge is 0.406 e. The molecule has 0 bridgehead atoms. The molecule has 0 aliphatic heterocycles. The number of ether oxygens (including phenoxy) is 1. The Hall–Kier alpha value is -1.23. The molecule has 2 rings (SSSR count). The van der Waals surface area contributed by atoms with Crippen molar-refractivity contribution in [2.24, 2.45) is 5.41 Å². The fourth-order valence-corrected chi connectivity index (χ4v) is 2.16. The maximum atomic E-state index is 12.1. The van der Waals surface area contributed by atoms with Gasteiger partial charge in [-0.05, 0) is 42.4 Å². The monoisotopic (exact) mass is 273 g/mol. The van der Waals surface area contributed by atoms with Crippen LogP contribution in [0.1, 0.15) is 31.7 Å². The lowest BCUT2D eigenvalue weighted by Gasteiger charge is -2.14. The van der Waals surface area contributed by atoms with Gasteiger partial charge in [0.25, 0.3) is 0 Å². The first-order valence-electron chi connectivity index (χ1n) is 6.48. The van der Waals surface area contributed by atoms with E-state index in [1.165, 1.54) is 25.0 Å². The topological polar surface area (TPSA) is 21.3 Å². The number of hydrogen-bond donors (Lipinski definition) is 1. The van der Waals surface area contributed by atoms with Gasteiger partial charge < -0.3 is 10.1 Å². The van der Waals surface area contributed by atoms with Crippen LogP contribution in [0, 0.1) is 5.41 Å². The Morgan fingerprint density at radius 1 is 1.32 bits per heavy atom. The molecule has 0 saturated heterocycles. The molecule has 1 aromatic rings. The molecule has 1 aromatic carbocycles. The van der Waals surface area contributed by atoms with Gasteiger partial charge in [-0.2, -0.15) is 0 Å². The summed E-state index contributed by atoms with van der Waals surface area (Å²) in [5.74, 6) is -0.163. The van der Waals surface area contributed by atoms with E-state index in [1.54, 1.807) is 12.1 Å². The van der Waals surface area contributed by atoms with Crippen molar-refractivity contribution in [3.05, 3.63) is 29.8 Å². The van der Waals surface area contributed by atoms with Gasteiger partial charge in [-0.25, -0.2) is 0 Å². The molecule has 1 saturated carbocycles. The van der Waals surface area contributed by atoms with Gasteiger partial charge in [-0.15, -0.1) is 13.2 Å². The molecule has 1 N–H and O–H groups in total. The zero-order valence-corrected chi connectivity index (χ0v) is 10.9. The average molecular weight is 273 g/mol. The van der Waals surface area contributed by atoms with Crippen LogP contribution in [0.2, 0.25) is 0 Å². The summed E-state index contributed by atoms with van der Waals surface area (Å²) in [5.41, 5.74) is 1.23. The van der Waals surface area contributed by atoms with Crippen molar-refractivity contribution >= 4 is 0 Å². The Morgan fingerprint density at radius 2 is 2.05 bits per heavy atom. The summed E-state index contributed by atoms with van der Waals surface area (Å²) in [5, 5.41) is 3.31. The normalized spacial score (nSPS) is 17.3. The zero-order chi connectivity index (χ0) is 13.9. The van der Waals surface area contributed by atoms with Gasteiger partial charge in [-0.1, -0.05) is 19.1 Å². The maximum absolute atomic E-state index is 12.1. The molecule has 106 valence electrons. The van der Waals surface area contributed by atoms with E-state index in [9.17, 15) is 13.2 Å². The van der Waals surface area contributed by atoms with Crippen LogP contribution in [0.15, 0.2) is 24.3 Å². The second-order valence-corrected chi connectivity index (χ2v) is 5.15. The zero-order valence-electron chi connectivity index (χ0n) is 10.9. The molecule has 0 amide bonds. The lowest BCUT2D eigenvalue weighted by Crippen LogP contribution is -2.23. The van der Waals surface area contributed by atoms with Crippen LogP contribution >= 0.6 is 0 Å². The van der Waals surface area contributed by atoms with E-state index in [1.807, 2.05) is 0 Å². The van der Waals surface area contributed by atoms with Crippen LogP contribution in [0.25, 0.3) is 0 Å². The lowest BCUT2D eigenvalue weighted by atomic mass is 10.0. The summed E-state index contributed by atoms with van der Waals surface area (Å²) >= 11 is 0. The molecule has 5 heteroatoms. The van der Waals surface area contributed by atoms with Crippen molar-refractivity contribution < 1.29 is 17.9 Å². The molecule has 19 heavy (non-hydrogen) atoms. The Kier molecular flexibility index (Phi) is 4.04. The molecular weight excluding hydrogens is 255 g/mol. The Bertz CT molecular complexity index is 427. The Morgan fingerprint density at radius 3 is 2.63 bits per heavy atom. The van der Waals surface area contributed by atoms with Crippen molar-refractivity contribution in [3.63, 3.8) is 0 Å². The van der Waals surface area contributed by atoms with E-state index in [-0.39, 0.29) is 5.75 Å². The summed E-state index contributed by atoms with van der Waals surface area (Å²) < 4.78 is 40.2. The first-order chi connectivity index (χ1) is 8.92. The molecular formula is C14H18F3NO. The van der Waals surface area contributed by atoms with Crippen molar-refractivity contribution in [2.75, 3.05) is 6.54 Å². The van der Waals surface area contributed by atoms with Crippen molar-refractivity contribution in [1.29, 1.82) is 0 Å². The summed E-state index contributed by atoms with van der Waals surface area (Å²) in [7, 11) is 0. The van der Waals surface area contributed by atoms with Gasteiger partial charge in [0.15, 0.2) is 0 Å². The number of alkyl halides is 3. The number of rotatable bonds is 6. The maximum Gasteiger partial charge on any atom is 0.573 e.